The molecule has 0 saturated carbocycles. The molecule has 1 aromatic heterocycles. The number of fused-ring (bicyclic) bond motifs is 1. The van der Waals surface area contributed by atoms with Crippen molar-refractivity contribution >= 4 is 10.2 Å². The zero-order valence-electron chi connectivity index (χ0n) is 13.5. The number of rotatable bonds is 6. The lowest BCUT2D eigenvalue weighted by Gasteiger charge is -2.27. The summed E-state index contributed by atoms with van der Waals surface area (Å²) in [5.41, 5.74) is 0.618. The zero-order valence-corrected chi connectivity index (χ0v) is 14.3. The highest BCUT2D eigenvalue weighted by molar-refractivity contribution is 7.86. The Bertz CT molecular complexity index is 637. The molecule has 0 unspecified atom stereocenters. The summed E-state index contributed by atoms with van der Waals surface area (Å²) in [4.78, 5) is 4.23. The Morgan fingerprint density at radius 3 is 3.00 bits per heavy atom. The molecule has 2 aliphatic rings. The van der Waals surface area contributed by atoms with Gasteiger partial charge in [-0.3, -0.25) is 4.98 Å². The molecule has 2 fully saturated rings. The van der Waals surface area contributed by atoms with Crippen LogP contribution in [0.15, 0.2) is 24.4 Å². The van der Waals surface area contributed by atoms with Gasteiger partial charge in [-0.2, -0.15) is 17.0 Å². The predicted octanol–water partition coefficient (Wildman–Crippen LogP) is 0.353. The van der Waals surface area contributed by atoms with Crippen molar-refractivity contribution in [2.75, 3.05) is 47.0 Å². The fourth-order valence-corrected chi connectivity index (χ4v) is 4.49. The van der Waals surface area contributed by atoms with Gasteiger partial charge < -0.3 is 9.47 Å². The maximum atomic E-state index is 12.4. The Morgan fingerprint density at radius 2 is 2.30 bits per heavy atom. The molecule has 0 aliphatic carbocycles. The van der Waals surface area contributed by atoms with E-state index in [2.05, 4.69) is 4.98 Å². The second kappa shape index (κ2) is 6.45. The molecule has 23 heavy (non-hydrogen) atoms. The Labute approximate surface area is 137 Å². The highest BCUT2D eigenvalue weighted by atomic mass is 32.2. The minimum absolute atomic E-state index is 0.181. The van der Waals surface area contributed by atoms with Crippen LogP contribution in [0.5, 0.6) is 0 Å². The number of pyridine rings is 1. The minimum atomic E-state index is -3.39. The number of aromatic nitrogens is 1. The van der Waals surface area contributed by atoms with E-state index >= 15 is 0 Å². The molecule has 0 aromatic carbocycles. The largest absolute Gasteiger partial charge is 0.380 e. The van der Waals surface area contributed by atoms with Gasteiger partial charge in [0.15, 0.2) is 0 Å². The van der Waals surface area contributed by atoms with Crippen molar-refractivity contribution in [3.05, 3.63) is 30.1 Å². The Hall–Kier alpha value is -1.06. The van der Waals surface area contributed by atoms with Crippen molar-refractivity contribution in [2.45, 2.75) is 6.61 Å². The Kier molecular flexibility index (Phi) is 4.70. The molecule has 0 radical (unpaired) electrons. The maximum absolute atomic E-state index is 12.4. The fourth-order valence-electron chi connectivity index (χ4n) is 3.24. The summed E-state index contributed by atoms with van der Waals surface area (Å²) in [7, 11) is -0.271. The van der Waals surface area contributed by atoms with E-state index in [9.17, 15) is 8.42 Å². The van der Waals surface area contributed by atoms with Crippen LogP contribution in [-0.4, -0.2) is 69.0 Å². The van der Waals surface area contributed by atoms with Gasteiger partial charge in [0.2, 0.25) is 0 Å². The topological polar surface area (TPSA) is 72.0 Å². The highest BCUT2D eigenvalue weighted by Gasteiger charge is 2.53. The normalized spacial score (nSPS) is 28.4. The summed E-state index contributed by atoms with van der Waals surface area (Å²) in [6, 6.07) is 5.70. The van der Waals surface area contributed by atoms with Gasteiger partial charge >= 0.3 is 0 Å². The first kappa shape index (κ1) is 16.8. The van der Waals surface area contributed by atoms with E-state index in [0.717, 1.165) is 5.69 Å². The van der Waals surface area contributed by atoms with Crippen LogP contribution < -0.4 is 0 Å². The summed E-state index contributed by atoms with van der Waals surface area (Å²) in [6.07, 6.45) is 1.74. The number of nitrogens with zero attached hydrogens (tertiary/aromatic N) is 3. The standard InChI is InChI=1S/C15H23N3O4S/c1-17(2)23(19,20)18-7-13-8-21-11-15(13,10-18)12-22-9-14-5-3-4-6-16-14/h3-6,13H,7-12H2,1-2H3/t13-,15+/m1/s1. The van der Waals surface area contributed by atoms with Crippen molar-refractivity contribution in [1.82, 2.24) is 13.6 Å². The van der Waals surface area contributed by atoms with Crippen LogP contribution in [0.25, 0.3) is 0 Å². The first-order chi connectivity index (χ1) is 10.9. The van der Waals surface area contributed by atoms with Crippen LogP contribution in [0, 0.1) is 11.3 Å². The van der Waals surface area contributed by atoms with Gasteiger partial charge in [0.05, 0.1) is 32.1 Å². The third-order valence-electron chi connectivity index (χ3n) is 4.64. The van der Waals surface area contributed by atoms with Crippen LogP contribution in [0.4, 0.5) is 0 Å². The third kappa shape index (κ3) is 3.27. The van der Waals surface area contributed by atoms with Crippen LogP contribution in [0.1, 0.15) is 5.69 Å². The molecule has 2 atom stereocenters. The van der Waals surface area contributed by atoms with Gasteiger partial charge in [0, 0.05) is 44.7 Å². The average molecular weight is 341 g/mol. The van der Waals surface area contributed by atoms with Gasteiger partial charge in [0.25, 0.3) is 10.2 Å². The van der Waals surface area contributed by atoms with E-state index in [4.69, 9.17) is 9.47 Å². The van der Waals surface area contributed by atoms with E-state index in [0.29, 0.717) is 39.5 Å². The van der Waals surface area contributed by atoms with Gasteiger partial charge in [-0.1, -0.05) is 6.07 Å². The third-order valence-corrected chi connectivity index (χ3v) is 6.50. The van der Waals surface area contributed by atoms with E-state index in [-0.39, 0.29) is 11.3 Å². The summed E-state index contributed by atoms with van der Waals surface area (Å²) in [6.45, 7) is 2.98. The number of ether oxygens (including phenoxy) is 2. The van der Waals surface area contributed by atoms with E-state index in [1.54, 1.807) is 24.6 Å². The van der Waals surface area contributed by atoms with Gasteiger partial charge in [-0.05, 0) is 12.1 Å². The maximum Gasteiger partial charge on any atom is 0.281 e. The molecule has 1 aromatic rings. The molecule has 0 N–H and O–H groups in total. The summed E-state index contributed by atoms with van der Waals surface area (Å²) in [5.74, 6) is 0.181. The molecule has 128 valence electrons. The molecule has 8 heteroatoms. The molecule has 0 spiro atoms. The highest BCUT2D eigenvalue weighted by Crippen LogP contribution is 2.42. The quantitative estimate of drug-likeness (QED) is 0.747. The van der Waals surface area contributed by atoms with Crippen LogP contribution in [0.2, 0.25) is 0 Å². The fraction of sp³-hybridized carbons (Fsp3) is 0.667. The second-order valence-electron chi connectivity index (χ2n) is 6.47. The van der Waals surface area contributed by atoms with Crippen LogP contribution >= 0.6 is 0 Å². The number of hydrogen-bond acceptors (Lipinski definition) is 5. The molecule has 3 heterocycles. The first-order valence-electron chi connectivity index (χ1n) is 7.67. The Morgan fingerprint density at radius 1 is 1.48 bits per heavy atom. The molecule has 7 nitrogen and oxygen atoms in total. The molecular formula is C15H23N3O4S. The molecule has 0 amide bonds. The van der Waals surface area contributed by atoms with Crippen LogP contribution in [-0.2, 0) is 26.3 Å². The predicted molar refractivity (Wildman–Crippen MR) is 84.8 cm³/mol. The summed E-state index contributed by atoms with van der Waals surface area (Å²) >= 11 is 0. The van der Waals surface area contributed by atoms with Crippen molar-refractivity contribution in [2.24, 2.45) is 11.3 Å². The molecular weight excluding hydrogens is 318 g/mol. The van der Waals surface area contributed by atoms with Crippen molar-refractivity contribution < 1.29 is 17.9 Å². The smallest absolute Gasteiger partial charge is 0.281 e. The molecule has 2 saturated heterocycles. The zero-order chi connectivity index (χ0) is 16.5. The van der Waals surface area contributed by atoms with E-state index in [1.165, 1.54) is 4.31 Å². The average Bonchev–Trinajstić information content (AvgIpc) is 3.05. The summed E-state index contributed by atoms with van der Waals surface area (Å²) < 4.78 is 39.0. The van der Waals surface area contributed by atoms with E-state index in [1.807, 2.05) is 18.2 Å². The monoisotopic (exact) mass is 341 g/mol. The minimum Gasteiger partial charge on any atom is -0.380 e. The van der Waals surface area contributed by atoms with Gasteiger partial charge in [-0.25, -0.2) is 0 Å². The van der Waals surface area contributed by atoms with Crippen molar-refractivity contribution in [3.63, 3.8) is 0 Å². The van der Waals surface area contributed by atoms with Crippen molar-refractivity contribution in [1.29, 1.82) is 0 Å². The summed E-state index contributed by atoms with van der Waals surface area (Å²) in [5, 5.41) is 0. The molecule has 0 bridgehead atoms. The Balaban J connectivity index is 1.65. The lowest BCUT2D eigenvalue weighted by Crippen LogP contribution is -2.41. The lowest BCUT2D eigenvalue weighted by atomic mass is 9.82. The SMILES string of the molecule is CN(C)S(=O)(=O)N1C[C@@H]2COC[C@]2(COCc2ccccn2)C1. The van der Waals surface area contributed by atoms with Gasteiger partial charge in [0.1, 0.15) is 0 Å². The van der Waals surface area contributed by atoms with Crippen molar-refractivity contribution in [3.8, 4) is 0 Å². The first-order valence-corrected chi connectivity index (χ1v) is 9.07. The van der Waals surface area contributed by atoms with Crippen LogP contribution in [0.3, 0.4) is 0 Å². The lowest BCUT2D eigenvalue weighted by molar-refractivity contribution is 0.0210. The molecule has 2 aliphatic heterocycles. The van der Waals surface area contributed by atoms with E-state index < -0.39 is 10.2 Å². The molecule has 3 rings (SSSR count). The van der Waals surface area contributed by atoms with Gasteiger partial charge in [-0.15, -0.1) is 0 Å². The number of hydrogen-bond donors (Lipinski definition) is 0. The second-order valence-corrected chi connectivity index (χ2v) is 8.61.